The summed E-state index contributed by atoms with van der Waals surface area (Å²) < 4.78 is 0. The monoisotopic (exact) mass is 528 g/mol. The maximum atomic E-state index is 13.6. The smallest absolute Gasteiger partial charge is 0.225 e. The van der Waals surface area contributed by atoms with Crippen molar-refractivity contribution in [3.8, 4) is 0 Å². The fourth-order valence-electron chi connectivity index (χ4n) is 8.16. The zero-order valence-electron chi connectivity index (χ0n) is 23.1. The number of aliphatic hydroxyl groups is 1. The third kappa shape index (κ3) is 4.65. The molecule has 0 radical (unpaired) electrons. The van der Waals surface area contributed by atoms with Gasteiger partial charge in [0.25, 0.3) is 0 Å². The number of likely N-dealkylation sites (N-methyl/N-ethyl adjacent to an activating group) is 1. The standard InChI is InChI=1S/C32H40N4O3/c1-32-14-13-24-23-6-4-3-5-21(23)7-9-25(24)30(32)26(27(20-37)31(32)39)10-12-29(38)34-28-11-8-22(19-33-28)36-17-15-35(2)16-18-36/h3-6,8,11,19-20,24-26,30,37H,7,9-10,12-18H2,1-2H3,(H,33,34,38)/b27-20-/t24?,25?,26-,30?,32+/m1/s1. The summed E-state index contributed by atoms with van der Waals surface area (Å²) in [6, 6.07) is 12.6. The van der Waals surface area contributed by atoms with Gasteiger partial charge in [-0.1, -0.05) is 31.2 Å². The lowest BCUT2D eigenvalue weighted by Crippen LogP contribution is -2.44. The molecular weight excluding hydrogens is 488 g/mol. The second-order valence-corrected chi connectivity index (χ2v) is 12.3. The lowest BCUT2D eigenvalue weighted by Gasteiger charge is -2.49. The van der Waals surface area contributed by atoms with Gasteiger partial charge in [0.2, 0.25) is 5.91 Å². The molecule has 1 saturated heterocycles. The van der Waals surface area contributed by atoms with Crippen molar-refractivity contribution in [2.24, 2.45) is 23.2 Å². The minimum atomic E-state index is -0.468. The number of carbonyl (C=O) groups excluding carboxylic acids is 2. The highest BCUT2D eigenvalue weighted by Gasteiger charge is 2.60. The van der Waals surface area contributed by atoms with Gasteiger partial charge >= 0.3 is 0 Å². The van der Waals surface area contributed by atoms with Crippen molar-refractivity contribution in [3.63, 3.8) is 0 Å². The van der Waals surface area contributed by atoms with E-state index >= 15 is 0 Å². The van der Waals surface area contributed by atoms with Gasteiger partial charge in [-0.3, -0.25) is 9.59 Å². The summed E-state index contributed by atoms with van der Waals surface area (Å²) >= 11 is 0. The Morgan fingerprint density at radius 3 is 2.69 bits per heavy atom. The average molecular weight is 529 g/mol. The number of amides is 1. The highest BCUT2D eigenvalue weighted by molar-refractivity contribution is 6.03. The first-order chi connectivity index (χ1) is 18.9. The van der Waals surface area contributed by atoms with E-state index in [1.54, 1.807) is 0 Å². The molecule has 7 nitrogen and oxygen atoms in total. The van der Waals surface area contributed by atoms with E-state index in [1.807, 2.05) is 18.3 Å². The second-order valence-electron chi connectivity index (χ2n) is 12.3. The van der Waals surface area contributed by atoms with E-state index in [9.17, 15) is 14.7 Å². The first kappa shape index (κ1) is 26.1. The Hall–Kier alpha value is -3.19. The van der Waals surface area contributed by atoms with Crippen LogP contribution in [0.25, 0.3) is 0 Å². The fraction of sp³-hybridized carbons (Fsp3) is 0.531. The zero-order valence-corrected chi connectivity index (χ0v) is 23.1. The number of aliphatic hydroxyl groups excluding tert-OH is 1. The number of benzene rings is 1. The number of ketones is 1. The van der Waals surface area contributed by atoms with Crippen molar-refractivity contribution in [3.05, 3.63) is 65.6 Å². The molecule has 5 atom stereocenters. The van der Waals surface area contributed by atoms with Crippen molar-refractivity contribution >= 4 is 23.2 Å². The van der Waals surface area contributed by atoms with Crippen LogP contribution in [-0.4, -0.2) is 59.9 Å². The topological polar surface area (TPSA) is 85.8 Å². The largest absolute Gasteiger partial charge is 0.515 e. The molecule has 4 aliphatic rings. The van der Waals surface area contributed by atoms with E-state index < -0.39 is 5.41 Å². The Labute approximate surface area is 231 Å². The molecule has 1 aromatic carbocycles. The quantitative estimate of drug-likeness (QED) is 0.422. The maximum Gasteiger partial charge on any atom is 0.225 e. The van der Waals surface area contributed by atoms with Gasteiger partial charge in [-0.15, -0.1) is 0 Å². The van der Waals surface area contributed by atoms with E-state index in [0.717, 1.165) is 63.8 Å². The molecule has 3 aliphatic carbocycles. The van der Waals surface area contributed by atoms with Gasteiger partial charge in [0.05, 0.1) is 18.1 Å². The zero-order chi connectivity index (χ0) is 27.1. The van der Waals surface area contributed by atoms with Gasteiger partial charge in [-0.05, 0) is 86.1 Å². The number of rotatable bonds is 5. The van der Waals surface area contributed by atoms with Crippen LogP contribution in [0, 0.1) is 23.2 Å². The highest BCUT2D eigenvalue weighted by atomic mass is 16.2. The summed E-state index contributed by atoms with van der Waals surface area (Å²) in [6.07, 6.45) is 7.63. The van der Waals surface area contributed by atoms with Crippen molar-refractivity contribution in [2.45, 2.75) is 51.4 Å². The van der Waals surface area contributed by atoms with Gasteiger partial charge in [-0.2, -0.15) is 0 Å². The molecular formula is C32H40N4O3. The summed E-state index contributed by atoms with van der Waals surface area (Å²) in [4.78, 5) is 35.7. The van der Waals surface area contributed by atoms with Gasteiger partial charge in [0.1, 0.15) is 5.82 Å². The fourth-order valence-corrected chi connectivity index (χ4v) is 8.16. The van der Waals surface area contributed by atoms with Crippen LogP contribution in [0.4, 0.5) is 11.5 Å². The number of carbonyl (C=O) groups is 2. The van der Waals surface area contributed by atoms with Crippen LogP contribution in [0.5, 0.6) is 0 Å². The molecule has 0 bridgehead atoms. The van der Waals surface area contributed by atoms with Crippen LogP contribution in [-0.2, 0) is 16.0 Å². The molecule has 39 heavy (non-hydrogen) atoms. The van der Waals surface area contributed by atoms with E-state index in [1.165, 1.54) is 11.1 Å². The number of fused-ring (bicyclic) bond motifs is 5. The number of allylic oxidation sites excluding steroid dienone is 1. The summed E-state index contributed by atoms with van der Waals surface area (Å²) in [6.45, 7) is 6.10. The SMILES string of the molecule is CN1CCN(c2ccc(NC(=O)CC[C@@H]3/C(=C/O)C(=O)[C@@]4(C)CCC5c6ccccc6CCC5C34)nc2)CC1. The number of nitrogens with one attached hydrogen (secondary N) is 1. The number of anilines is 2. The minimum Gasteiger partial charge on any atom is -0.515 e. The van der Waals surface area contributed by atoms with Gasteiger partial charge in [0, 0.05) is 43.6 Å². The molecule has 2 aromatic rings. The Bertz CT molecular complexity index is 1270. The first-order valence-electron chi connectivity index (χ1n) is 14.6. The summed E-state index contributed by atoms with van der Waals surface area (Å²) in [5.41, 5.74) is 4.00. The maximum absolute atomic E-state index is 13.6. The minimum absolute atomic E-state index is 0.0823. The number of piperazine rings is 1. The van der Waals surface area contributed by atoms with Crippen LogP contribution >= 0.6 is 0 Å². The van der Waals surface area contributed by atoms with E-state index in [-0.39, 0.29) is 29.9 Å². The number of aryl methyl sites for hydroxylation is 1. The number of pyridine rings is 1. The van der Waals surface area contributed by atoms with Crippen LogP contribution < -0.4 is 10.2 Å². The van der Waals surface area contributed by atoms with Crippen LogP contribution in [0.2, 0.25) is 0 Å². The molecule has 3 unspecified atom stereocenters. The molecule has 2 saturated carbocycles. The van der Waals surface area contributed by atoms with Crippen molar-refractivity contribution < 1.29 is 14.7 Å². The summed E-state index contributed by atoms with van der Waals surface area (Å²) in [5.74, 6) is 1.39. The van der Waals surface area contributed by atoms with Gasteiger partial charge < -0.3 is 20.2 Å². The average Bonchev–Trinajstić information content (AvgIpc) is 3.18. The third-order valence-corrected chi connectivity index (χ3v) is 10.2. The lowest BCUT2D eigenvalue weighted by atomic mass is 9.54. The number of Topliss-reactive ketones (excluding diaryl/α,β-unsaturated/α-hetero) is 1. The molecule has 6 rings (SSSR count). The molecule has 0 spiro atoms. The van der Waals surface area contributed by atoms with E-state index in [2.05, 4.69) is 58.3 Å². The van der Waals surface area contributed by atoms with Crippen LogP contribution in [0.1, 0.15) is 56.1 Å². The lowest BCUT2D eigenvalue weighted by molar-refractivity contribution is -0.127. The molecule has 7 heteroatoms. The number of hydrogen-bond acceptors (Lipinski definition) is 6. The predicted octanol–water partition coefficient (Wildman–Crippen LogP) is 4.96. The highest BCUT2D eigenvalue weighted by Crippen LogP contribution is 2.63. The predicted molar refractivity (Wildman–Crippen MR) is 153 cm³/mol. The van der Waals surface area contributed by atoms with Crippen molar-refractivity contribution in [1.29, 1.82) is 0 Å². The number of nitrogens with zero attached hydrogens (tertiary/aromatic N) is 3. The Morgan fingerprint density at radius 2 is 1.95 bits per heavy atom. The molecule has 2 heterocycles. The third-order valence-electron chi connectivity index (χ3n) is 10.2. The van der Waals surface area contributed by atoms with Gasteiger partial charge in [-0.25, -0.2) is 4.98 Å². The molecule has 3 fully saturated rings. The van der Waals surface area contributed by atoms with Crippen molar-refractivity contribution in [2.75, 3.05) is 43.4 Å². The van der Waals surface area contributed by atoms with Crippen molar-refractivity contribution in [1.82, 2.24) is 9.88 Å². The number of hydrogen-bond donors (Lipinski definition) is 2. The van der Waals surface area contributed by atoms with Crippen LogP contribution in [0.15, 0.2) is 54.4 Å². The molecule has 1 amide bonds. The Kier molecular flexibility index (Phi) is 6.96. The molecule has 1 aliphatic heterocycles. The molecule has 2 N–H and O–H groups in total. The number of aromatic nitrogens is 1. The normalized spacial score (nSPS) is 31.5. The molecule has 1 aromatic heterocycles. The first-order valence-corrected chi connectivity index (χ1v) is 14.6. The molecule has 206 valence electrons. The second kappa shape index (κ2) is 10.4. The van der Waals surface area contributed by atoms with E-state index in [4.69, 9.17) is 0 Å². The van der Waals surface area contributed by atoms with Crippen LogP contribution in [0.3, 0.4) is 0 Å². The van der Waals surface area contributed by atoms with E-state index in [0.29, 0.717) is 29.6 Å². The summed E-state index contributed by atoms with van der Waals surface area (Å²) in [5, 5.41) is 13.1. The Balaban J connectivity index is 1.14. The summed E-state index contributed by atoms with van der Waals surface area (Å²) in [7, 11) is 2.14. The Morgan fingerprint density at radius 1 is 1.15 bits per heavy atom. The van der Waals surface area contributed by atoms with Gasteiger partial charge in [0.15, 0.2) is 5.78 Å².